The molecular weight excluding hydrogens is 204 g/mol. The van der Waals surface area contributed by atoms with Crippen molar-refractivity contribution >= 4 is 11.7 Å². The lowest BCUT2D eigenvalue weighted by molar-refractivity contribution is 0.317. The Morgan fingerprint density at radius 1 is 1.56 bits per heavy atom. The SMILES string of the molecule is CC(C)N(CCC(N)=NO)c1ccccn1. The number of nitrogens with zero attached hydrogens (tertiary/aromatic N) is 3. The van der Waals surface area contributed by atoms with Crippen LogP contribution in [0.25, 0.3) is 0 Å². The minimum Gasteiger partial charge on any atom is -0.409 e. The first-order valence-electron chi connectivity index (χ1n) is 5.29. The molecule has 88 valence electrons. The molecule has 1 aromatic rings. The minimum absolute atomic E-state index is 0.238. The van der Waals surface area contributed by atoms with Crippen LogP contribution in [0.3, 0.4) is 0 Å². The first-order chi connectivity index (χ1) is 7.65. The van der Waals surface area contributed by atoms with Gasteiger partial charge in [-0.25, -0.2) is 4.98 Å². The Morgan fingerprint density at radius 3 is 2.81 bits per heavy atom. The molecule has 0 amide bonds. The van der Waals surface area contributed by atoms with Crippen LogP contribution in [0, 0.1) is 0 Å². The minimum atomic E-state index is 0.238. The second-order valence-electron chi connectivity index (χ2n) is 3.82. The molecule has 0 fully saturated rings. The van der Waals surface area contributed by atoms with Crippen LogP contribution in [0.5, 0.6) is 0 Å². The Hall–Kier alpha value is -1.78. The van der Waals surface area contributed by atoms with E-state index in [0.29, 0.717) is 19.0 Å². The molecule has 1 rings (SSSR count). The van der Waals surface area contributed by atoms with Gasteiger partial charge in [0, 0.05) is 25.2 Å². The standard InChI is InChI=1S/C11H18N4O/c1-9(2)15(8-6-10(12)14-16)11-5-3-4-7-13-11/h3-5,7,9,16H,6,8H2,1-2H3,(H2,12,14). The second kappa shape index (κ2) is 5.95. The molecule has 1 heterocycles. The molecule has 0 saturated heterocycles. The lowest BCUT2D eigenvalue weighted by Crippen LogP contribution is -2.34. The summed E-state index contributed by atoms with van der Waals surface area (Å²) in [5, 5.41) is 11.4. The third-order valence-electron chi connectivity index (χ3n) is 2.30. The number of nitrogens with two attached hydrogens (primary N) is 1. The zero-order chi connectivity index (χ0) is 12.0. The quantitative estimate of drug-likeness (QED) is 0.342. The number of rotatable bonds is 5. The molecule has 0 aliphatic rings. The average molecular weight is 222 g/mol. The van der Waals surface area contributed by atoms with E-state index in [4.69, 9.17) is 10.9 Å². The molecule has 0 bridgehead atoms. The lowest BCUT2D eigenvalue weighted by atomic mass is 10.2. The van der Waals surface area contributed by atoms with Crippen molar-refractivity contribution in [1.29, 1.82) is 0 Å². The summed E-state index contributed by atoms with van der Waals surface area (Å²) in [5.74, 6) is 1.14. The van der Waals surface area contributed by atoms with Crippen LogP contribution in [-0.2, 0) is 0 Å². The highest BCUT2D eigenvalue weighted by molar-refractivity contribution is 5.80. The summed E-state index contributed by atoms with van der Waals surface area (Å²) in [6.07, 6.45) is 2.28. The molecule has 0 saturated carbocycles. The molecule has 0 aliphatic heterocycles. The highest BCUT2D eigenvalue weighted by atomic mass is 16.4. The van der Waals surface area contributed by atoms with Crippen molar-refractivity contribution in [3.63, 3.8) is 0 Å². The van der Waals surface area contributed by atoms with Crippen LogP contribution in [-0.4, -0.2) is 28.6 Å². The summed E-state index contributed by atoms with van der Waals surface area (Å²) in [6, 6.07) is 6.10. The molecule has 0 aliphatic carbocycles. The van der Waals surface area contributed by atoms with Gasteiger partial charge in [-0.3, -0.25) is 0 Å². The number of amidine groups is 1. The van der Waals surface area contributed by atoms with Crippen molar-refractivity contribution < 1.29 is 5.21 Å². The van der Waals surface area contributed by atoms with Crippen molar-refractivity contribution in [2.45, 2.75) is 26.3 Å². The van der Waals surface area contributed by atoms with Gasteiger partial charge in [-0.1, -0.05) is 11.2 Å². The second-order valence-corrected chi connectivity index (χ2v) is 3.82. The van der Waals surface area contributed by atoms with Gasteiger partial charge in [0.25, 0.3) is 0 Å². The van der Waals surface area contributed by atoms with E-state index in [0.717, 1.165) is 5.82 Å². The van der Waals surface area contributed by atoms with Crippen LogP contribution >= 0.6 is 0 Å². The smallest absolute Gasteiger partial charge is 0.140 e. The van der Waals surface area contributed by atoms with Crippen molar-refractivity contribution in [3.8, 4) is 0 Å². The topological polar surface area (TPSA) is 74.7 Å². The molecule has 0 unspecified atom stereocenters. The Balaban J connectivity index is 2.69. The van der Waals surface area contributed by atoms with Crippen molar-refractivity contribution in [2.24, 2.45) is 10.9 Å². The summed E-state index contributed by atoms with van der Waals surface area (Å²) in [7, 11) is 0. The highest BCUT2D eigenvalue weighted by Gasteiger charge is 2.11. The fraction of sp³-hybridized carbons (Fsp3) is 0.455. The van der Waals surface area contributed by atoms with Crippen LogP contribution in [0.15, 0.2) is 29.6 Å². The lowest BCUT2D eigenvalue weighted by Gasteiger charge is -2.27. The van der Waals surface area contributed by atoms with Crippen molar-refractivity contribution in [2.75, 3.05) is 11.4 Å². The van der Waals surface area contributed by atoms with Crippen LogP contribution in [0.1, 0.15) is 20.3 Å². The van der Waals surface area contributed by atoms with Crippen molar-refractivity contribution in [3.05, 3.63) is 24.4 Å². The van der Waals surface area contributed by atoms with E-state index >= 15 is 0 Å². The number of anilines is 1. The summed E-state index contributed by atoms with van der Waals surface area (Å²) in [5.41, 5.74) is 5.45. The fourth-order valence-corrected chi connectivity index (χ4v) is 1.45. The maximum atomic E-state index is 8.49. The summed E-state index contributed by atoms with van der Waals surface area (Å²) >= 11 is 0. The Labute approximate surface area is 95.6 Å². The molecule has 0 aromatic carbocycles. The molecule has 3 N–H and O–H groups in total. The van der Waals surface area contributed by atoms with Crippen LogP contribution in [0.2, 0.25) is 0 Å². The number of pyridine rings is 1. The van der Waals surface area contributed by atoms with Gasteiger partial charge in [0.1, 0.15) is 11.7 Å². The highest BCUT2D eigenvalue weighted by Crippen LogP contribution is 2.13. The first kappa shape index (κ1) is 12.3. The molecule has 16 heavy (non-hydrogen) atoms. The van der Waals surface area contributed by atoms with E-state index < -0.39 is 0 Å². The maximum absolute atomic E-state index is 8.49. The monoisotopic (exact) mass is 222 g/mol. The average Bonchev–Trinajstić information content (AvgIpc) is 2.30. The van der Waals surface area contributed by atoms with Crippen LogP contribution < -0.4 is 10.6 Å². The Morgan fingerprint density at radius 2 is 2.31 bits per heavy atom. The van der Waals surface area contributed by atoms with Gasteiger partial charge in [-0.2, -0.15) is 0 Å². The third-order valence-corrected chi connectivity index (χ3v) is 2.30. The van der Waals surface area contributed by atoms with E-state index in [2.05, 4.69) is 28.9 Å². The maximum Gasteiger partial charge on any atom is 0.140 e. The fourth-order valence-electron chi connectivity index (χ4n) is 1.45. The molecule has 1 aromatic heterocycles. The molecular formula is C11H18N4O. The van der Waals surface area contributed by atoms with Crippen LogP contribution in [0.4, 0.5) is 5.82 Å². The van der Waals surface area contributed by atoms with E-state index in [1.807, 2.05) is 18.2 Å². The van der Waals surface area contributed by atoms with Gasteiger partial charge in [0.15, 0.2) is 0 Å². The van der Waals surface area contributed by atoms with E-state index in [1.165, 1.54) is 0 Å². The summed E-state index contributed by atoms with van der Waals surface area (Å²) in [6.45, 7) is 4.85. The first-order valence-corrected chi connectivity index (χ1v) is 5.29. The van der Waals surface area contributed by atoms with Gasteiger partial charge < -0.3 is 15.8 Å². The van der Waals surface area contributed by atoms with Gasteiger partial charge in [0.2, 0.25) is 0 Å². The van der Waals surface area contributed by atoms with Gasteiger partial charge in [-0.15, -0.1) is 0 Å². The van der Waals surface area contributed by atoms with E-state index in [9.17, 15) is 0 Å². The normalized spacial score (nSPS) is 11.8. The van der Waals surface area contributed by atoms with Crippen molar-refractivity contribution in [1.82, 2.24) is 4.98 Å². The number of hydrogen-bond donors (Lipinski definition) is 2. The zero-order valence-corrected chi connectivity index (χ0v) is 9.67. The zero-order valence-electron chi connectivity index (χ0n) is 9.67. The molecule has 0 atom stereocenters. The number of hydrogen-bond acceptors (Lipinski definition) is 4. The van der Waals surface area contributed by atoms with Gasteiger partial charge in [0.05, 0.1) is 0 Å². The van der Waals surface area contributed by atoms with E-state index in [-0.39, 0.29) is 5.84 Å². The third kappa shape index (κ3) is 3.42. The summed E-state index contributed by atoms with van der Waals surface area (Å²) < 4.78 is 0. The molecule has 0 radical (unpaired) electrons. The molecule has 5 nitrogen and oxygen atoms in total. The molecule has 5 heteroatoms. The van der Waals surface area contributed by atoms with Gasteiger partial charge >= 0.3 is 0 Å². The number of oxime groups is 1. The Bertz CT molecular complexity index is 337. The summed E-state index contributed by atoms with van der Waals surface area (Å²) in [4.78, 5) is 6.40. The predicted molar refractivity (Wildman–Crippen MR) is 64.7 cm³/mol. The predicted octanol–water partition coefficient (Wildman–Crippen LogP) is 1.43. The number of aromatic nitrogens is 1. The molecule has 0 spiro atoms. The Kier molecular flexibility index (Phi) is 4.57. The van der Waals surface area contributed by atoms with Gasteiger partial charge in [-0.05, 0) is 26.0 Å². The largest absolute Gasteiger partial charge is 0.409 e. The van der Waals surface area contributed by atoms with E-state index in [1.54, 1.807) is 6.20 Å².